The summed E-state index contributed by atoms with van der Waals surface area (Å²) in [6.07, 6.45) is 4.09. The van der Waals surface area contributed by atoms with Crippen LogP contribution in [0.4, 0.5) is 5.69 Å². The third-order valence-corrected chi connectivity index (χ3v) is 1.90. The first-order valence-corrected chi connectivity index (χ1v) is 4.60. The van der Waals surface area contributed by atoms with E-state index in [1.165, 1.54) is 11.1 Å². The standard InChI is InChI=1S/C11H16N2O/c1-4-5-10-8-11(13-14-12-3)7-6-9(10)2/h4-8,12-13H,1-3H3. The minimum absolute atomic E-state index is 0.929. The predicted octanol–water partition coefficient (Wildman–Crippen LogP) is 2.51. The molecule has 2 N–H and O–H groups in total. The second-order valence-electron chi connectivity index (χ2n) is 2.98. The molecule has 0 fully saturated rings. The van der Waals surface area contributed by atoms with E-state index in [9.17, 15) is 0 Å². The van der Waals surface area contributed by atoms with Crippen molar-refractivity contribution in [3.8, 4) is 0 Å². The highest BCUT2D eigenvalue weighted by atomic mass is 16.8. The van der Waals surface area contributed by atoms with Crippen LogP contribution in [-0.2, 0) is 4.94 Å². The fourth-order valence-corrected chi connectivity index (χ4v) is 1.17. The first-order valence-electron chi connectivity index (χ1n) is 4.60. The van der Waals surface area contributed by atoms with E-state index < -0.39 is 0 Å². The number of hydrogen-bond donors (Lipinski definition) is 2. The fraction of sp³-hybridized carbons (Fsp3) is 0.273. The zero-order valence-corrected chi connectivity index (χ0v) is 8.79. The van der Waals surface area contributed by atoms with Gasteiger partial charge in [0, 0.05) is 7.05 Å². The number of rotatable bonds is 4. The van der Waals surface area contributed by atoms with Gasteiger partial charge < -0.3 is 0 Å². The van der Waals surface area contributed by atoms with Gasteiger partial charge in [-0.2, -0.15) is 10.4 Å². The van der Waals surface area contributed by atoms with Gasteiger partial charge in [-0.05, 0) is 37.1 Å². The van der Waals surface area contributed by atoms with E-state index in [-0.39, 0.29) is 0 Å². The number of hydrogen-bond acceptors (Lipinski definition) is 3. The molecule has 1 aromatic carbocycles. The molecule has 0 unspecified atom stereocenters. The first-order chi connectivity index (χ1) is 6.77. The van der Waals surface area contributed by atoms with E-state index in [0.717, 1.165) is 5.69 Å². The van der Waals surface area contributed by atoms with E-state index in [1.54, 1.807) is 7.05 Å². The second-order valence-corrected chi connectivity index (χ2v) is 2.98. The van der Waals surface area contributed by atoms with Crippen molar-refractivity contribution in [3.63, 3.8) is 0 Å². The van der Waals surface area contributed by atoms with Gasteiger partial charge in [0.15, 0.2) is 0 Å². The quantitative estimate of drug-likeness (QED) is 0.719. The van der Waals surface area contributed by atoms with E-state index in [1.807, 2.05) is 25.1 Å². The summed E-state index contributed by atoms with van der Waals surface area (Å²) in [4.78, 5) is 4.87. The third-order valence-electron chi connectivity index (χ3n) is 1.90. The third kappa shape index (κ3) is 2.87. The molecule has 0 saturated heterocycles. The van der Waals surface area contributed by atoms with Crippen LogP contribution < -0.4 is 11.0 Å². The highest BCUT2D eigenvalue weighted by molar-refractivity contribution is 5.59. The number of aryl methyl sites for hydroxylation is 1. The molecule has 0 atom stereocenters. The Labute approximate surface area is 84.7 Å². The smallest absolute Gasteiger partial charge is 0.0629 e. The van der Waals surface area contributed by atoms with Crippen molar-refractivity contribution in [2.45, 2.75) is 13.8 Å². The molecule has 1 aromatic rings. The van der Waals surface area contributed by atoms with Gasteiger partial charge in [0.25, 0.3) is 0 Å². The lowest BCUT2D eigenvalue weighted by Gasteiger charge is -2.07. The molecule has 0 amide bonds. The summed E-state index contributed by atoms with van der Waals surface area (Å²) in [6.45, 7) is 4.09. The molecule has 0 aliphatic carbocycles. The number of allylic oxidation sites excluding steroid dienone is 1. The van der Waals surface area contributed by atoms with Crippen molar-refractivity contribution in [1.29, 1.82) is 0 Å². The molecular formula is C11H16N2O. The molecule has 0 aliphatic heterocycles. The summed E-state index contributed by atoms with van der Waals surface area (Å²) in [7, 11) is 1.70. The average Bonchev–Trinajstić information content (AvgIpc) is 2.19. The van der Waals surface area contributed by atoms with Gasteiger partial charge in [-0.25, -0.2) is 5.48 Å². The molecule has 1 rings (SSSR count). The van der Waals surface area contributed by atoms with Crippen molar-refractivity contribution >= 4 is 11.8 Å². The van der Waals surface area contributed by atoms with Crippen LogP contribution in [0.5, 0.6) is 0 Å². The minimum atomic E-state index is 0.929. The summed E-state index contributed by atoms with van der Waals surface area (Å²) in [5.41, 5.74) is 8.70. The van der Waals surface area contributed by atoms with Gasteiger partial charge in [-0.1, -0.05) is 18.2 Å². The maximum atomic E-state index is 4.87. The first kappa shape index (κ1) is 10.8. The molecule has 3 heteroatoms. The topological polar surface area (TPSA) is 33.3 Å². The summed E-state index contributed by atoms with van der Waals surface area (Å²) in [5, 5.41) is 0. The van der Waals surface area contributed by atoms with Crippen LogP contribution in [-0.4, -0.2) is 7.05 Å². The Morgan fingerprint density at radius 1 is 1.36 bits per heavy atom. The van der Waals surface area contributed by atoms with Crippen molar-refractivity contribution < 1.29 is 4.94 Å². The number of anilines is 1. The second kappa shape index (κ2) is 5.42. The van der Waals surface area contributed by atoms with Crippen molar-refractivity contribution in [2.75, 3.05) is 12.5 Å². The van der Waals surface area contributed by atoms with E-state index in [4.69, 9.17) is 4.94 Å². The van der Waals surface area contributed by atoms with Gasteiger partial charge in [-0.15, -0.1) is 0 Å². The lowest BCUT2D eigenvalue weighted by molar-refractivity contribution is 0.109. The highest BCUT2D eigenvalue weighted by Crippen LogP contribution is 2.16. The average molecular weight is 192 g/mol. The van der Waals surface area contributed by atoms with E-state index in [2.05, 4.69) is 30.0 Å². The highest BCUT2D eigenvalue weighted by Gasteiger charge is 1.96. The van der Waals surface area contributed by atoms with Gasteiger partial charge in [0.1, 0.15) is 0 Å². The zero-order chi connectivity index (χ0) is 10.4. The Kier molecular flexibility index (Phi) is 4.16. The van der Waals surface area contributed by atoms with Crippen LogP contribution in [0.3, 0.4) is 0 Å². The normalized spacial score (nSPS) is 10.8. The lowest BCUT2D eigenvalue weighted by Crippen LogP contribution is -2.13. The van der Waals surface area contributed by atoms with Gasteiger partial charge in [-0.3, -0.25) is 0 Å². The molecule has 0 spiro atoms. The summed E-state index contributed by atoms with van der Waals surface area (Å²) >= 11 is 0. The summed E-state index contributed by atoms with van der Waals surface area (Å²) in [5.74, 6) is 0. The van der Waals surface area contributed by atoms with Crippen LogP contribution in [0.1, 0.15) is 18.1 Å². The Morgan fingerprint density at radius 3 is 2.79 bits per heavy atom. The van der Waals surface area contributed by atoms with Gasteiger partial charge >= 0.3 is 0 Å². The molecular weight excluding hydrogens is 176 g/mol. The Bertz CT molecular complexity index is 321. The Balaban J connectivity index is 2.83. The molecule has 14 heavy (non-hydrogen) atoms. The van der Waals surface area contributed by atoms with Crippen LogP contribution in [0.15, 0.2) is 24.3 Å². The van der Waals surface area contributed by atoms with Crippen LogP contribution in [0, 0.1) is 6.92 Å². The molecule has 0 heterocycles. The van der Waals surface area contributed by atoms with Crippen LogP contribution in [0.25, 0.3) is 6.08 Å². The summed E-state index contributed by atoms with van der Waals surface area (Å²) < 4.78 is 0. The minimum Gasteiger partial charge on any atom is -0.248 e. The van der Waals surface area contributed by atoms with Gasteiger partial charge in [0.2, 0.25) is 0 Å². The molecule has 0 bridgehead atoms. The molecule has 0 saturated carbocycles. The zero-order valence-electron chi connectivity index (χ0n) is 8.79. The molecule has 3 nitrogen and oxygen atoms in total. The van der Waals surface area contributed by atoms with Crippen molar-refractivity contribution in [3.05, 3.63) is 35.4 Å². The van der Waals surface area contributed by atoms with E-state index >= 15 is 0 Å². The van der Waals surface area contributed by atoms with Crippen molar-refractivity contribution in [1.82, 2.24) is 5.48 Å². The maximum Gasteiger partial charge on any atom is 0.0629 e. The Hall–Kier alpha value is -1.32. The molecule has 0 aromatic heterocycles. The van der Waals surface area contributed by atoms with E-state index in [0.29, 0.717) is 0 Å². The largest absolute Gasteiger partial charge is 0.248 e. The number of hydroxylamine groups is 1. The number of nitrogens with one attached hydrogen (secondary N) is 2. The van der Waals surface area contributed by atoms with Crippen LogP contribution >= 0.6 is 0 Å². The maximum absolute atomic E-state index is 4.87. The lowest BCUT2D eigenvalue weighted by atomic mass is 10.1. The molecule has 0 aliphatic rings. The fourth-order valence-electron chi connectivity index (χ4n) is 1.17. The Morgan fingerprint density at radius 2 is 2.14 bits per heavy atom. The number of benzene rings is 1. The SMILES string of the molecule is CC=Cc1cc(NONC)ccc1C. The van der Waals surface area contributed by atoms with Gasteiger partial charge in [0.05, 0.1) is 5.69 Å². The van der Waals surface area contributed by atoms with Crippen LogP contribution in [0.2, 0.25) is 0 Å². The molecule has 76 valence electrons. The summed E-state index contributed by atoms with van der Waals surface area (Å²) in [6, 6.07) is 6.06. The van der Waals surface area contributed by atoms with Crippen molar-refractivity contribution in [2.24, 2.45) is 0 Å². The monoisotopic (exact) mass is 192 g/mol. The predicted molar refractivity (Wildman–Crippen MR) is 59.7 cm³/mol. The molecule has 0 radical (unpaired) electrons.